The third kappa shape index (κ3) is 5.28. The molecule has 2 aliphatic carbocycles. The lowest BCUT2D eigenvalue weighted by atomic mass is 9.62. The molecule has 0 amide bonds. The summed E-state index contributed by atoms with van der Waals surface area (Å²) in [7, 11) is -1.72. The monoisotopic (exact) mass is 394 g/mol. The first-order valence-corrected chi connectivity index (χ1v) is 14.1. The summed E-state index contributed by atoms with van der Waals surface area (Å²) in [4.78, 5) is 0. The van der Waals surface area contributed by atoms with E-state index >= 15 is 0 Å². The van der Waals surface area contributed by atoms with Crippen molar-refractivity contribution in [2.75, 3.05) is 0 Å². The zero-order valence-electron chi connectivity index (χ0n) is 19.6. The molecule has 2 fully saturated rings. The summed E-state index contributed by atoms with van der Waals surface area (Å²) < 4.78 is 6.96. The SMILES string of the molecule is C[C@H](/C=C/CC(C)(C)O)[C@H]1CC[C@H]2[C@@H](O[Si](C)(C)C(C)(C)C)CCC[C@]12C. The van der Waals surface area contributed by atoms with E-state index in [-0.39, 0.29) is 5.04 Å². The average Bonchev–Trinajstić information content (AvgIpc) is 2.82. The predicted octanol–water partition coefficient (Wildman–Crippen LogP) is 6.95. The number of fused-ring (bicyclic) bond motifs is 1. The molecular formula is C24H46O2Si. The normalized spacial score (nSPS) is 34.1. The lowest BCUT2D eigenvalue weighted by molar-refractivity contribution is -0.0163. The second kappa shape index (κ2) is 7.95. The van der Waals surface area contributed by atoms with E-state index in [1.807, 2.05) is 13.8 Å². The summed E-state index contributed by atoms with van der Waals surface area (Å²) in [6, 6.07) is 0. The highest BCUT2D eigenvalue weighted by atomic mass is 28.4. The Morgan fingerprint density at radius 3 is 2.33 bits per heavy atom. The van der Waals surface area contributed by atoms with Gasteiger partial charge in [-0.25, -0.2) is 0 Å². The number of hydrogen-bond donors (Lipinski definition) is 1. The predicted molar refractivity (Wildman–Crippen MR) is 119 cm³/mol. The number of aliphatic hydroxyl groups is 1. The van der Waals surface area contributed by atoms with Crippen LogP contribution in [0.25, 0.3) is 0 Å². The van der Waals surface area contributed by atoms with E-state index in [1.54, 1.807) is 0 Å². The van der Waals surface area contributed by atoms with Gasteiger partial charge in [0.1, 0.15) is 0 Å². The van der Waals surface area contributed by atoms with E-state index in [0.717, 1.165) is 18.3 Å². The van der Waals surface area contributed by atoms with Crippen molar-refractivity contribution in [1.82, 2.24) is 0 Å². The molecule has 0 aromatic heterocycles. The number of rotatable bonds is 6. The van der Waals surface area contributed by atoms with E-state index < -0.39 is 13.9 Å². The van der Waals surface area contributed by atoms with Crippen molar-refractivity contribution in [1.29, 1.82) is 0 Å². The van der Waals surface area contributed by atoms with E-state index in [4.69, 9.17) is 4.43 Å². The molecule has 0 aromatic carbocycles. The van der Waals surface area contributed by atoms with Crippen molar-refractivity contribution in [3.8, 4) is 0 Å². The van der Waals surface area contributed by atoms with E-state index in [0.29, 0.717) is 17.4 Å². The fourth-order valence-electron chi connectivity index (χ4n) is 5.43. The van der Waals surface area contributed by atoms with Gasteiger partial charge in [0.05, 0.1) is 5.60 Å². The van der Waals surface area contributed by atoms with Crippen molar-refractivity contribution < 1.29 is 9.53 Å². The topological polar surface area (TPSA) is 29.5 Å². The van der Waals surface area contributed by atoms with Gasteiger partial charge in [0.2, 0.25) is 0 Å². The van der Waals surface area contributed by atoms with Gasteiger partial charge in [0.15, 0.2) is 8.32 Å². The van der Waals surface area contributed by atoms with Crippen molar-refractivity contribution in [2.45, 2.75) is 117 Å². The molecule has 158 valence electrons. The van der Waals surface area contributed by atoms with Gasteiger partial charge >= 0.3 is 0 Å². The maximum Gasteiger partial charge on any atom is 0.192 e. The highest BCUT2D eigenvalue weighted by Gasteiger charge is 2.54. The molecule has 2 saturated carbocycles. The van der Waals surface area contributed by atoms with Crippen LogP contribution < -0.4 is 0 Å². The minimum atomic E-state index is -1.72. The van der Waals surface area contributed by atoms with Gasteiger partial charge in [0.25, 0.3) is 0 Å². The molecule has 2 rings (SSSR count). The van der Waals surface area contributed by atoms with Crippen LogP contribution in [0.5, 0.6) is 0 Å². The average molecular weight is 395 g/mol. The van der Waals surface area contributed by atoms with E-state index in [9.17, 15) is 5.11 Å². The van der Waals surface area contributed by atoms with Gasteiger partial charge in [-0.05, 0) is 87.3 Å². The summed E-state index contributed by atoms with van der Waals surface area (Å²) >= 11 is 0. The quantitative estimate of drug-likeness (QED) is 0.390. The Bertz CT molecular complexity index is 525. The Morgan fingerprint density at radius 1 is 1.15 bits per heavy atom. The minimum Gasteiger partial charge on any atom is -0.414 e. The third-order valence-electron chi connectivity index (χ3n) is 8.08. The Kier molecular flexibility index (Phi) is 6.82. The van der Waals surface area contributed by atoms with Crippen LogP contribution in [0.2, 0.25) is 18.1 Å². The Hall–Kier alpha value is -0.123. The lowest BCUT2D eigenvalue weighted by Crippen LogP contribution is -2.50. The molecule has 0 unspecified atom stereocenters. The van der Waals surface area contributed by atoms with Crippen molar-refractivity contribution in [3.05, 3.63) is 12.2 Å². The first-order chi connectivity index (χ1) is 12.2. The van der Waals surface area contributed by atoms with Gasteiger partial charge in [-0.3, -0.25) is 0 Å². The smallest absolute Gasteiger partial charge is 0.192 e. The molecule has 0 bridgehead atoms. The first-order valence-electron chi connectivity index (χ1n) is 11.2. The van der Waals surface area contributed by atoms with Gasteiger partial charge in [-0.2, -0.15) is 0 Å². The third-order valence-corrected chi connectivity index (χ3v) is 12.6. The van der Waals surface area contributed by atoms with Crippen LogP contribution in [0.3, 0.4) is 0 Å². The maximum absolute atomic E-state index is 9.98. The molecule has 5 atom stereocenters. The van der Waals surface area contributed by atoms with Gasteiger partial charge in [0, 0.05) is 6.10 Å². The highest BCUT2D eigenvalue weighted by Crippen LogP contribution is 2.59. The van der Waals surface area contributed by atoms with Gasteiger partial charge < -0.3 is 9.53 Å². The Labute approximate surface area is 170 Å². The van der Waals surface area contributed by atoms with Crippen molar-refractivity contribution in [2.24, 2.45) is 23.2 Å². The molecule has 0 saturated heterocycles. The fraction of sp³-hybridized carbons (Fsp3) is 0.917. The Morgan fingerprint density at radius 2 is 1.78 bits per heavy atom. The summed E-state index contributed by atoms with van der Waals surface area (Å²) in [5.74, 6) is 2.04. The van der Waals surface area contributed by atoms with E-state index in [1.165, 1.54) is 32.1 Å². The van der Waals surface area contributed by atoms with Crippen LogP contribution in [-0.4, -0.2) is 25.1 Å². The van der Waals surface area contributed by atoms with Crippen LogP contribution in [0.15, 0.2) is 12.2 Å². The molecule has 27 heavy (non-hydrogen) atoms. The standard InChI is InChI=1S/C24H46O2Si/c1-18(12-10-16-23(5,6)25)19-14-15-20-21(13-11-17-24(19,20)7)26-27(8,9)22(2,3)4/h10,12,18-21,25H,11,13-17H2,1-9H3/b12-10+/t18-,19-,20+,21+,24-/m1/s1. The summed E-state index contributed by atoms with van der Waals surface area (Å²) in [6.07, 6.45) is 12.3. The zero-order valence-corrected chi connectivity index (χ0v) is 20.6. The second-order valence-corrected chi connectivity index (χ2v) is 16.7. The number of allylic oxidation sites excluding steroid dienone is 1. The maximum atomic E-state index is 9.98. The summed E-state index contributed by atoms with van der Waals surface area (Å²) in [5.41, 5.74) is -0.199. The molecule has 0 radical (unpaired) electrons. The van der Waals surface area contributed by atoms with Gasteiger partial charge in [-0.1, -0.05) is 53.2 Å². The number of hydrogen-bond acceptors (Lipinski definition) is 2. The van der Waals surface area contributed by atoms with Crippen LogP contribution >= 0.6 is 0 Å². The second-order valence-electron chi connectivity index (χ2n) is 11.9. The van der Waals surface area contributed by atoms with E-state index in [2.05, 4.69) is 59.9 Å². The molecule has 0 spiro atoms. The van der Waals surface area contributed by atoms with Crippen LogP contribution in [0.4, 0.5) is 0 Å². The fourth-order valence-corrected chi connectivity index (χ4v) is 6.82. The summed E-state index contributed by atoms with van der Waals surface area (Å²) in [5, 5.41) is 10.3. The van der Waals surface area contributed by atoms with Crippen LogP contribution in [0, 0.1) is 23.2 Å². The van der Waals surface area contributed by atoms with Crippen LogP contribution in [0.1, 0.15) is 87.0 Å². The highest BCUT2D eigenvalue weighted by molar-refractivity contribution is 6.74. The largest absolute Gasteiger partial charge is 0.414 e. The molecule has 3 heteroatoms. The Balaban J connectivity index is 2.11. The van der Waals surface area contributed by atoms with Crippen LogP contribution in [-0.2, 0) is 4.43 Å². The van der Waals surface area contributed by atoms with Crippen molar-refractivity contribution >= 4 is 8.32 Å². The molecule has 0 aromatic rings. The summed E-state index contributed by atoms with van der Waals surface area (Å²) in [6.45, 7) is 20.6. The molecular weight excluding hydrogens is 348 g/mol. The molecule has 0 aliphatic heterocycles. The molecule has 2 aliphatic rings. The lowest BCUT2D eigenvalue weighted by Gasteiger charge is -2.49. The van der Waals surface area contributed by atoms with Crippen molar-refractivity contribution in [3.63, 3.8) is 0 Å². The molecule has 2 nitrogen and oxygen atoms in total. The minimum absolute atomic E-state index is 0.284. The van der Waals surface area contributed by atoms with Gasteiger partial charge in [-0.15, -0.1) is 0 Å². The molecule has 1 N–H and O–H groups in total. The first kappa shape index (κ1) is 23.2. The zero-order chi connectivity index (χ0) is 20.7. The molecule has 0 heterocycles.